The number of carbonyl (C=O) groups excluding carboxylic acids is 2. The van der Waals surface area contributed by atoms with Crippen molar-refractivity contribution >= 4 is 23.1 Å². The van der Waals surface area contributed by atoms with Gasteiger partial charge in [-0.25, -0.2) is 4.98 Å². The van der Waals surface area contributed by atoms with E-state index in [2.05, 4.69) is 21.4 Å². The summed E-state index contributed by atoms with van der Waals surface area (Å²) in [6.07, 6.45) is 9.33. The van der Waals surface area contributed by atoms with Crippen molar-refractivity contribution in [1.29, 1.82) is 5.26 Å². The summed E-state index contributed by atoms with van der Waals surface area (Å²) in [5, 5.41) is 11.9. The molecular formula is C25H31N7O2. The first-order chi connectivity index (χ1) is 16.3. The lowest BCUT2D eigenvalue weighted by atomic mass is 9.90. The van der Waals surface area contributed by atoms with Gasteiger partial charge in [-0.05, 0) is 70.1 Å². The van der Waals surface area contributed by atoms with Crippen molar-refractivity contribution in [2.45, 2.75) is 63.8 Å². The number of aromatic nitrogens is 3. The van der Waals surface area contributed by atoms with Gasteiger partial charge in [0.2, 0.25) is 5.91 Å². The second kappa shape index (κ2) is 9.77. The van der Waals surface area contributed by atoms with Crippen molar-refractivity contribution in [2.75, 3.05) is 18.4 Å². The molecule has 0 saturated carbocycles. The van der Waals surface area contributed by atoms with Crippen LogP contribution in [0, 0.1) is 11.3 Å². The van der Waals surface area contributed by atoms with E-state index in [4.69, 9.17) is 16.0 Å². The molecule has 1 aliphatic carbocycles. The zero-order valence-corrected chi connectivity index (χ0v) is 19.7. The van der Waals surface area contributed by atoms with Crippen molar-refractivity contribution in [3.05, 3.63) is 47.3 Å². The van der Waals surface area contributed by atoms with Crippen LogP contribution in [-0.2, 0) is 4.79 Å². The Bertz CT molecular complexity index is 1140. The Morgan fingerprint density at radius 3 is 2.65 bits per heavy atom. The van der Waals surface area contributed by atoms with E-state index in [1.807, 2.05) is 23.1 Å². The summed E-state index contributed by atoms with van der Waals surface area (Å²) < 4.78 is 0. The molecule has 9 heteroatoms. The van der Waals surface area contributed by atoms with E-state index in [9.17, 15) is 9.59 Å². The summed E-state index contributed by atoms with van der Waals surface area (Å²) in [6, 6.07) is 5.80. The molecule has 0 unspecified atom stereocenters. The Morgan fingerprint density at radius 2 is 2.03 bits per heavy atom. The summed E-state index contributed by atoms with van der Waals surface area (Å²) in [4.78, 5) is 38.8. The fourth-order valence-corrected chi connectivity index (χ4v) is 4.56. The molecule has 1 fully saturated rings. The number of aromatic amines is 1. The van der Waals surface area contributed by atoms with E-state index in [0.29, 0.717) is 18.8 Å². The molecule has 4 rings (SSSR count). The van der Waals surface area contributed by atoms with Gasteiger partial charge >= 0.3 is 0 Å². The molecule has 0 radical (unpaired) electrons. The number of piperidine rings is 1. The number of nitrogens with two attached hydrogens (primary N) is 1. The van der Waals surface area contributed by atoms with E-state index in [1.54, 1.807) is 13.8 Å². The first kappa shape index (κ1) is 23.6. The maximum absolute atomic E-state index is 12.7. The van der Waals surface area contributed by atoms with Crippen LogP contribution in [0.1, 0.15) is 86.0 Å². The highest BCUT2D eigenvalue weighted by Gasteiger charge is 2.32. The number of H-pyrrole nitrogens is 1. The molecule has 9 nitrogen and oxygen atoms in total. The highest BCUT2D eigenvalue weighted by molar-refractivity contribution is 6.03. The fourth-order valence-electron chi connectivity index (χ4n) is 4.56. The molecule has 0 aromatic carbocycles. The Hall–Kier alpha value is -3.51. The molecule has 2 aromatic rings. The average Bonchev–Trinajstić information content (AvgIpc) is 3.34. The Labute approximate surface area is 199 Å². The molecule has 3 heterocycles. The van der Waals surface area contributed by atoms with Crippen molar-refractivity contribution in [3.63, 3.8) is 0 Å². The van der Waals surface area contributed by atoms with Gasteiger partial charge in [0.25, 0.3) is 5.91 Å². The van der Waals surface area contributed by atoms with Crippen LogP contribution >= 0.6 is 0 Å². The van der Waals surface area contributed by atoms with Crippen LogP contribution in [0.2, 0.25) is 0 Å². The molecule has 0 bridgehead atoms. The Balaban J connectivity index is 1.55. The molecule has 4 N–H and O–H groups in total. The number of carbonyl (C=O) groups is 2. The lowest BCUT2D eigenvalue weighted by Crippen LogP contribution is -2.53. The first-order valence-corrected chi connectivity index (χ1v) is 11.8. The maximum Gasteiger partial charge on any atom is 0.291 e. The van der Waals surface area contributed by atoms with Crippen LogP contribution in [0.5, 0.6) is 0 Å². The number of nitrogens with one attached hydrogen (secondary N) is 2. The summed E-state index contributed by atoms with van der Waals surface area (Å²) in [5.74, 6) is -0.114. The third kappa shape index (κ3) is 5.18. The second-order valence-corrected chi connectivity index (χ2v) is 9.61. The monoisotopic (exact) mass is 461 g/mol. The molecule has 1 aliphatic heterocycles. The Kier molecular flexibility index (Phi) is 6.80. The predicted molar refractivity (Wildman–Crippen MR) is 129 cm³/mol. The Morgan fingerprint density at radius 1 is 1.26 bits per heavy atom. The number of rotatable bonds is 5. The van der Waals surface area contributed by atoms with Crippen molar-refractivity contribution < 1.29 is 9.59 Å². The van der Waals surface area contributed by atoms with E-state index in [-0.39, 0.29) is 23.3 Å². The standard InChI is InChI=1S/C25H31N7O2/c1-25(2,27)24(34)32-12-10-16(11-13-32)19-8-9-20(21(30-19)17-6-4-3-5-7-17)31-23(33)22-28-15-18(14-26)29-22/h6,8-9,15-16H,3-5,7,10-13,27H2,1-2H3,(H,28,29)(H,31,33). The number of hydrogen-bond acceptors (Lipinski definition) is 6. The molecule has 2 aromatic heterocycles. The molecule has 0 spiro atoms. The minimum Gasteiger partial charge on any atom is -0.341 e. The van der Waals surface area contributed by atoms with Crippen LogP contribution < -0.4 is 11.1 Å². The largest absolute Gasteiger partial charge is 0.341 e. The normalized spacial score (nSPS) is 17.1. The minimum absolute atomic E-state index is 0.0255. The number of likely N-dealkylation sites (tertiary alicyclic amines) is 1. The summed E-state index contributed by atoms with van der Waals surface area (Å²) in [5.41, 5.74) is 8.90. The predicted octanol–water partition coefficient (Wildman–Crippen LogP) is 3.33. The number of hydrogen-bond donors (Lipinski definition) is 3. The number of amides is 2. The highest BCUT2D eigenvalue weighted by Crippen LogP contribution is 2.34. The van der Waals surface area contributed by atoms with Gasteiger partial charge in [0.15, 0.2) is 5.82 Å². The smallest absolute Gasteiger partial charge is 0.291 e. The number of nitrogens with zero attached hydrogens (tertiary/aromatic N) is 4. The van der Waals surface area contributed by atoms with Crippen LogP contribution in [0.15, 0.2) is 24.4 Å². The number of anilines is 1. The SMILES string of the molecule is CC(C)(N)C(=O)N1CCC(c2ccc(NC(=O)c3ncc(C#N)[nH]3)c(C3=CCCCC3)n2)CC1. The summed E-state index contributed by atoms with van der Waals surface area (Å²) in [7, 11) is 0. The zero-order chi connectivity index (χ0) is 24.3. The third-order valence-corrected chi connectivity index (χ3v) is 6.42. The van der Waals surface area contributed by atoms with Crippen molar-refractivity contribution in [1.82, 2.24) is 19.9 Å². The number of pyridine rings is 1. The van der Waals surface area contributed by atoms with Gasteiger partial charge in [0.05, 0.1) is 23.1 Å². The number of nitriles is 1. The fraction of sp³-hybridized carbons (Fsp3) is 0.480. The van der Waals surface area contributed by atoms with Gasteiger partial charge in [-0.2, -0.15) is 5.26 Å². The van der Waals surface area contributed by atoms with Crippen LogP contribution in [0.3, 0.4) is 0 Å². The lowest BCUT2D eigenvalue weighted by Gasteiger charge is -2.35. The van der Waals surface area contributed by atoms with Crippen molar-refractivity contribution in [2.24, 2.45) is 5.73 Å². The molecule has 34 heavy (non-hydrogen) atoms. The van der Waals surface area contributed by atoms with Gasteiger partial charge in [0.1, 0.15) is 11.8 Å². The van der Waals surface area contributed by atoms with Gasteiger partial charge in [0, 0.05) is 24.7 Å². The van der Waals surface area contributed by atoms with E-state index in [0.717, 1.165) is 55.5 Å². The number of imidazole rings is 1. The molecule has 0 atom stereocenters. The highest BCUT2D eigenvalue weighted by atomic mass is 16.2. The topological polar surface area (TPSA) is 141 Å². The zero-order valence-electron chi connectivity index (χ0n) is 19.7. The lowest BCUT2D eigenvalue weighted by molar-refractivity contribution is -0.136. The van der Waals surface area contributed by atoms with Gasteiger partial charge < -0.3 is 20.9 Å². The maximum atomic E-state index is 12.7. The molecule has 1 saturated heterocycles. The summed E-state index contributed by atoms with van der Waals surface area (Å²) >= 11 is 0. The van der Waals surface area contributed by atoms with E-state index >= 15 is 0 Å². The van der Waals surface area contributed by atoms with Gasteiger partial charge in [-0.3, -0.25) is 14.6 Å². The second-order valence-electron chi connectivity index (χ2n) is 9.61. The van der Waals surface area contributed by atoms with Crippen LogP contribution in [0.4, 0.5) is 5.69 Å². The molecule has 2 amide bonds. The van der Waals surface area contributed by atoms with Crippen LogP contribution in [0.25, 0.3) is 5.57 Å². The molecular weight excluding hydrogens is 430 g/mol. The van der Waals surface area contributed by atoms with Gasteiger partial charge in [-0.1, -0.05) is 6.08 Å². The van der Waals surface area contributed by atoms with Gasteiger partial charge in [-0.15, -0.1) is 0 Å². The van der Waals surface area contributed by atoms with E-state index < -0.39 is 11.4 Å². The first-order valence-electron chi connectivity index (χ1n) is 11.8. The van der Waals surface area contributed by atoms with E-state index in [1.165, 1.54) is 6.20 Å². The van der Waals surface area contributed by atoms with Crippen LogP contribution in [-0.4, -0.2) is 50.3 Å². The third-order valence-electron chi connectivity index (χ3n) is 6.42. The van der Waals surface area contributed by atoms with Crippen molar-refractivity contribution in [3.8, 4) is 6.07 Å². The average molecular weight is 462 g/mol. The molecule has 178 valence electrons. The summed E-state index contributed by atoms with van der Waals surface area (Å²) in [6.45, 7) is 4.79. The number of allylic oxidation sites excluding steroid dienone is 2. The minimum atomic E-state index is -0.867. The quantitative estimate of drug-likeness (QED) is 0.624. The molecule has 2 aliphatic rings.